The van der Waals surface area contributed by atoms with Crippen LogP contribution in [0.2, 0.25) is 0 Å². The van der Waals surface area contributed by atoms with Crippen molar-refractivity contribution in [2.24, 2.45) is 0 Å². The van der Waals surface area contributed by atoms with Crippen molar-refractivity contribution in [3.8, 4) is 0 Å². The molecule has 0 bridgehead atoms. The monoisotopic (exact) mass is 289 g/mol. The van der Waals surface area contributed by atoms with Crippen LogP contribution in [-0.4, -0.2) is 39.5 Å². The molecule has 0 aliphatic heterocycles. The van der Waals surface area contributed by atoms with E-state index in [0.717, 1.165) is 0 Å². The zero-order valence-corrected chi connectivity index (χ0v) is 6.37. The molecule has 0 aromatic rings. The minimum absolute atomic E-state index is 0. The summed E-state index contributed by atoms with van der Waals surface area (Å²) >= 11 is -3.11. The van der Waals surface area contributed by atoms with Crippen LogP contribution >= 0.6 is 0 Å². The van der Waals surface area contributed by atoms with Gasteiger partial charge in [0.15, 0.2) is 0 Å². The quantitative estimate of drug-likeness (QED) is 0.408. The van der Waals surface area contributed by atoms with E-state index in [-0.39, 0.29) is 26.2 Å². The summed E-state index contributed by atoms with van der Waals surface area (Å²) in [6.45, 7) is 0. The Morgan fingerprint density at radius 3 is 1.40 bits per heavy atom. The van der Waals surface area contributed by atoms with Gasteiger partial charge in [-0.1, -0.05) is 0 Å². The Bertz CT molecular complexity index is 29.9. The maximum atomic E-state index is 8.44. The van der Waals surface area contributed by atoms with Gasteiger partial charge in [-0.15, -0.1) is 11.4 Å². The van der Waals surface area contributed by atoms with E-state index in [1.54, 1.807) is 0 Å². The molecule has 5 heteroatoms. The Morgan fingerprint density at radius 2 is 1.40 bits per heavy atom. The van der Waals surface area contributed by atoms with Gasteiger partial charge >= 0.3 is 26.2 Å². The van der Waals surface area contributed by atoms with E-state index in [9.17, 15) is 0 Å². The number of rotatable bonds is 0. The van der Waals surface area contributed by atoms with E-state index in [2.05, 4.69) is 0 Å². The molecule has 0 aliphatic carbocycles. The molecule has 0 aliphatic rings. The van der Waals surface area contributed by atoms with Crippen molar-refractivity contribution < 1.29 is 13.3 Å². The molecule has 28 valence electrons. The Kier molecular flexibility index (Phi) is 9.26. The molecule has 0 heterocycles. The normalized spacial score (nSPS) is 7.00. The molecule has 0 N–H and O–H groups in total. The maximum Gasteiger partial charge on any atom is 3.00 e. The van der Waals surface area contributed by atoms with Gasteiger partial charge in [-0.05, 0) is 0 Å². The van der Waals surface area contributed by atoms with E-state index < -0.39 is 11.4 Å². The zero-order valence-electron chi connectivity index (χ0n) is 2.08. The average molecular weight is 289 g/mol. The molecule has 0 aromatic heterocycles. The van der Waals surface area contributed by atoms with Gasteiger partial charge in [-0.25, -0.2) is 0 Å². The molecular formula is BiO3S+. The molecule has 0 atom stereocenters. The predicted molar refractivity (Wildman–Crippen MR) is 15.5 cm³/mol. The van der Waals surface area contributed by atoms with Crippen LogP contribution in [0.5, 0.6) is 0 Å². The molecule has 0 spiro atoms. The maximum absolute atomic E-state index is 8.44. The first-order valence-corrected chi connectivity index (χ1v) is 1.50. The van der Waals surface area contributed by atoms with Gasteiger partial charge < -0.3 is 9.11 Å². The van der Waals surface area contributed by atoms with Crippen molar-refractivity contribution in [2.45, 2.75) is 0 Å². The molecule has 0 amide bonds. The summed E-state index contributed by atoms with van der Waals surface area (Å²) in [5.41, 5.74) is 0. The van der Waals surface area contributed by atoms with Crippen molar-refractivity contribution in [1.29, 1.82) is 0 Å². The van der Waals surface area contributed by atoms with Crippen molar-refractivity contribution in [3.05, 3.63) is 0 Å². The van der Waals surface area contributed by atoms with Crippen molar-refractivity contribution in [3.63, 3.8) is 0 Å². The second kappa shape index (κ2) is 4.95. The zero-order chi connectivity index (χ0) is 3.58. The first-order valence-electron chi connectivity index (χ1n) is 0.500. The van der Waals surface area contributed by atoms with Crippen LogP contribution in [-0.2, 0) is 11.4 Å². The van der Waals surface area contributed by atoms with Gasteiger partial charge in [0.1, 0.15) is 0 Å². The molecule has 3 nitrogen and oxygen atoms in total. The van der Waals surface area contributed by atoms with E-state index in [1.807, 2.05) is 0 Å². The first kappa shape index (κ1) is 9.35. The molecule has 0 rings (SSSR count). The minimum Gasteiger partial charge on any atom is -0.784 e. The second-order valence-electron chi connectivity index (χ2n) is 0.204. The summed E-state index contributed by atoms with van der Waals surface area (Å²) in [5, 5.41) is 0. The van der Waals surface area contributed by atoms with Crippen molar-refractivity contribution in [2.75, 3.05) is 0 Å². The van der Waals surface area contributed by atoms with Gasteiger partial charge in [-0.2, -0.15) is 0 Å². The molecule has 2 radical (unpaired) electrons. The summed E-state index contributed by atoms with van der Waals surface area (Å²) in [6.07, 6.45) is 0. The summed E-state index contributed by atoms with van der Waals surface area (Å²) in [4.78, 5) is 0. The number of hydrogen-bond donors (Lipinski definition) is 0. The van der Waals surface area contributed by atoms with Crippen LogP contribution in [0.3, 0.4) is 0 Å². The fraction of sp³-hybridized carbons (Fsp3) is 0. The smallest absolute Gasteiger partial charge is 0.784 e. The van der Waals surface area contributed by atoms with Crippen LogP contribution in [0.15, 0.2) is 0 Å². The van der Waals surface area contributed by atoms with Crippen LogP contribution in [0.1, 0.15) is 0 Å². The van der Waals surface area contributed by atoms with Crippen LogP contribution < -0.4 is 0 Å². The fourth-order valence-electron chi connectivity index (χ4n) is 0. The summed E-state index contributed by atoms with van der Waals surface area (Å²) in [7, 11) is 0. The van der Waals surface area contributed by atoms with Crippen molar-refractivity contribution in [1.82, 2.24) is 0 Å². The Balaban J connectivity index is 0. The third-order valence-corrected chi connectivity index (χ3v) is 0. The predicted octanol–water partition coefficient (Wildman–Crippen LogP) is -1.38. The third-order valence-electron chi connectivity index (χ3n) is 0. The standard InChI is InChI=1S/Bi.H2O3S/c;1-4(2)3/h;(H2,1,2,3)/q+3;/p-2. The van der Waals surface area contributed by atoms with Crippen molar-refractivity contribution >= 4 is 37.6 Å². The van der Waals surface area contributed by atoms with E-state index >= 15 is 0 Å². The Morgan fingerprint density at radius 1 is 1.40 bits per heavy atom. The molecular weight excluding hydrogens is 289 g/mol. The first-order chi connectivity index (χ1) is 1.73. The largest absolute Gasteiger partial charge is 3.00 e. The Hall–Kier alpha value is 0.953. The van der Waals surface area contributed by atoms with Crippen LogP contribution in [0.4, 0.5) is 0 Å². The van der Waals surface area contributed by atoms with Gasteiger partial charge in [-0.3, -0.25) is 4.21 Å². The second-order valence-corrected chi connectivity index (χ2v) is 0.612. The summed E-state index contributed by atoms with van der Waals surface area (Å²) < 4.78 is 25.3. The summed E-state index contributed by atoms with van der Waals surface area (Å²) in [6, 6.07) is 0. The van der Waals surface area contributed by atoms with E-state index in [4.69, 9.17) is 13.3 Å². The fourth-order valence-corrected chi connectivity index (χ4v) is 0. The van der Waals surface area contributed by atoms with Crippen LogP contribution in [0, 0.1) is 0 Å². The third kappa shape index (κ3) is 47.5. The molecule has 5 heavy (non-hydrogen) atoms. The van der Waals surface area contributed by atoms with Crippen LogP contribution in [0.25, 0.3) is 0 Å². The average Bonchev–Trinajstić information content (AvgIpc) is 0.811. The molecule has 0 aromatic carbocycles. The number of hydrogen-bond acceptors (Lipinski definition) is 3. The Labute approximate surface area is 51.0 Å². The van der Waals surface area contributed by atoms with Gasteiger partial charge in [0.2, 0.25) is 0 Å². The van der Waals surface area contributed by atoms with Gasteiger partial charge in [0, 0.05) is 0 Å². The van der Waals surface area contributed by atoms with E-state index in [1.165, 1.54) is 0 Å². The summed E-state index contributed by atoms with van der Waals surface area (Å²) in [5.74, 6) is 0. The topological polar surface area (TPSA) is 63.2 Å². The SMILES string of the molecule is O=S([O-])[O-].[Bi+3]. The molecule has 0 fully saturated rings. The van der Waals surface area contributed by atoms with Gasteiger partial charge in [0.25, 0.3) is 0 Å². The molecule has 0 saturated carbocycles. The molecule has 0 unspecified atom stereocenters. The minimum atomic E-state index is -3.11. The van der Waals surface area contributed by atoms with Gasteiger partial charge in [0.05, 0.1) is 0 Å². The van der Waals surface area contributed by atoms with E-state index in [0.29, 0.717) is 0 Å². The molecule has 0 saturated heterocycles.